The van der Waals surface area contributed by atoms with Gasteiger partial charge in [-0.05, 0) is 43.7 Å². The Kier molecular flexibility index (Phi) is 5.03. The number of carbonyl (C=O) groups excluding carboxylic acids is 1. The zero-order valence-electron chi connectivity index (χ0n) is 11.1. The zero-order chi connectivity index (χ0) is 13.5. The summed E-state index contributed by atoms with van der Waals surface area (Å²) in [7, 11) is 1.34. The van der Waals surface area contributed by atoms with Gasteiger partial charge < -0.3 is 20.1 Å². The quantitative estimate of drug-likeness (QED) is 0.761. The summed E-state index contributed by atoms with van der Waals surface area (Å²) >= 11 is 0. The number of esters is 1. The molecule has 1 saturated heterocycles. The van der Waals surface area contributed by atoms with Crippen molar-refractivity contribution < 1.29 is 14.3 Å². The molecule has 0 spiro atoms. The van der Waals surface area contributed by atoms with Crippen LogP contribution < -0.4 is 15.4 Å². The van der Waals surface area contributed by atoms with Crippen LogP contribution in [0.3, 0.4) is 0 Å². The number of hydrogen-bond donors (Lipinski definition) is 2. The van der Waals surface area contributed by atoms with E-state index in [4.69, 9.17) is 4.74 Å². The fourth-order valence-electron chi connectivity index (χ4n) is 2.04. The maximum atomic E-state index is 10.9. The lowest BCUT2D eigenvalue weighted by Gasteiger charge is -2.13. The molecule has 0 aliphatic carbocycles. The van der Waals surface area contributed by atoms with Crippen molar-refractivity contribution >= 4 is 11.7 Å². The van der Waals surface area contributed by atoms with Crippen LogP contribution in [0.1, 0.15) is 12.8 Å². The molecule has 1 aromatic rings. The first-order valence-electron chi connectivity index (χ1n) is 6.55. The predicted molar refractivity (Wildman–Crippen MR) is 73.5 cm³/mol. The van der Waals surface area contributed by atoms with Gasteiger partial charge in [-0.15, -0.1) is 0 Å². The minimum absolute atomic E-state index is 0.0602. The normalized spacial score (nSPS) is 18.1. The molecule has 1 atom stereocenters. The van der Waals surface area contributed by atoms with Crippen molar-refractivity contribution in [1.82, 2.24) is 5.32 Å². The van der Waals surface area contributed by atoms with Crippen LogP contribution in [0.4, 0.5) is 5.69 Å². The molecular weight excluding hydrogens is 244 g/mol. The van der Waals surface area contributed by atoms with Crippen LogP contribution in [0.2, 0.25) is 0 Å². The van der Waals surface area contributed by atoms with Crippen molar-refractivity contribution in [2.24, 2.45) is 0 Å². The molecule has 0 saturated carbocycles. The van der Waals surface area contributed by atoms with Gasteiger partial charge in [0.25, 0.3) is 0 Å². The molecule has 1 aliphatic rings. The summed E-state index contributed by atoms with van der Waals surface area (Å²) in [5.41, 5.74) is 1.05. The number of anilines is 1. The van der Waals surface area contributed by atoms with Crippen LogP contribution in [-0.4, -0.2) is 38.8 Å². The van der Waals surface area contributed by atoms with Gasteiger partial charge >= 0.3 is 5.97 Å². The lowest BCUT2D eigenvalue weighted by molar-refractivity contribution is -0.142. The van der Waals surface area contributed by atoms with Crippen molar-refractivity contribution in [2.45, 2.75) is 18.9 Å². The number of ether oxygens (including phenoxy) is 2. The molecule has 5 heteroatoms. The Morgan fingerprint density at radius 3 is 2.84 bits per heavy atom. The molecule has 1 fully saturated rings. The third-order valence-electron chi connectivity index (χ3n) is 3.15. The van der Waals surface area contributed by atoms with Crippen molar-refractivity contribution in [3.8, 4) is 5.75 Å². The number of rotatable bonds is 6. The Morgan fingerprint density at radius 1 is 1.42 bits per heavy atom. The third-order valence-corrected chi connectivity index (χ3v) is 3.15. The first-order valence-corrected chi connectivity index (χ1v) is 6.55. The molecule has 1 aromatic carbocycles. The van der Waals surface area contributed by atoms with Gasteiger partial charge in [0.2, 0.25) is 0 Å². The van der Waals surface area contributed by atoms with Gasteiger partial charge in [0, 0.05) is 18.3 Å². The van der Waals surface area contributed by atoms with Crippen LogP contribution in [0.15, 0.2) is 24.3 Å². The van der Waals surface area contributed by atoms with E-state index in [0.717, 1.165) is 18.8 Å². The average molecular weight is 264 g/mol. The highest BCUT2D eigenvalue weighted by atomic mass is 16.6. The number of methoxy groups -OCH3 is 1. The van der Waals surface area contributed by atoms with Crippen molar-refractivity contribution in [2.75, 3.05) is 32.1 Å². The Hall–Kier alpha value is -1.75. The smallest absolute Gasteiger partial charge is 0.343 e. The van der Waals surface area contributed by atoms with E-state index in [2.05, 4.69) is 15.4 Å². The van der Waals surface area contributed by atoms with E-state index in [1.807, 2.05) is 24.3 Å². The molecule has 104 valence electrons. The SMILES string of the molecule is COC(=O)COc1ccc(NCC2CCCN2)cc1. The van der Waals surface area contributed by atoms with E-state index in [-0.39, 0.29) is 12.6 Å². The summed E-state index contributed by atoms with van der Waals surface area (Å²) in [6.07, 6.45) is 2.49. The van der Waals surface area contributed by atoms with Gasteiger partial charge in [-0.3, -0.25) is 0 Å². The summed E-state index contributed by atoms with van der Waals surface area (Å²) in [5.74, 6) is 0.282. The number of carbonyl (C=O) groups is 1. The summed E-state index contributed by atoms with van der Waals surface area (Å²) in [6, 6.07) is 8.14. The molecule has 1 heterocycles. The minimum atomic E-state index is -0.380. The minimum Gasteiger partial charge on any atom is -0.482 e. The molecule has 0 aromatic heterocycles. The molecular formula is C14H20N2O3. The maximum absolute atomic E-state index is 10.9. The van der Waals surface area contributed by atoms with Gasteiger partial charge in [0.15, 0.2) is 6.61 Å². The zero-order valence-corrected chi connectivity index (χ0v) is 11.1. The van der Waals surface area contributed by atoms with Crippen LogP contribution in [0, 0.1) is 0 Å². The van der Waals surface area contributed by atoms with E-state index in [0.29, 0.717) is 11.8 Å². The van der Waals surface area contributed by atoms with Gasteiger partial charge in [-0.1, -0.05) is 0 Å². The second-order valence-electron chi connectivity index (χ2n) is 4.56. The molecule has 1 unspecified atom stereocenters. The van der Waals surface area contributed by atoms with Gasteiger partial charge in [-0.2, -0.15) is 0 Å². The summed E-state index contributed by atoms with van der Waals surface area (Å²) < 4.78 is 9.78. The van der Waals surface area contributed by atoms with Crippen molar-refractivity contribution in [3.05, 3.63) is 24.3 Å². The number of hydrogen-bond acceptors (Lipinski definition) is 5. The van der Waals surface area contributed by atoms with E-state index < -0.39 is 0 Å². The first-order chi connectivity index (χ1) is 9.28. The van der Waals surface area contributed by atoms with Crippen molar-refractivity contribution in [3.63, 3.8) is 0 Å². The highest BCUT2D eigenvalue weighted by Gasteiger charge is 2.12. The van der Waals surface area contributed by atoms with Crippen LogP contribution >= 0.6 is 0 Å². The lowest BCUT2D eigenvalue weighted by Crippen LogP contribution is -2.29. The Bertz CT molecular complexity index is 400. The Balaban J connectivity index is 1.75. The summed E-state index contributed by atoms with van der Waals surface area (Å²) in [5, 5.41) is 6.82. The van der Waals surface area contributed by atoms with Crippen LogP contribution in [0.25, 0.3) is 0 Å². The van der Waals surface area contributed by atoms with Gasteiger partial charge in [-0.25, -0.2) is 4.79 Å². The first kappa shape index (κ1) is 13.7. The maximum Gasteiger partial charge on any atom is 0.343 e. The van der Waals surface area contributed by atoms with E-state index in [1.165, 1.54) is 20.0 Å². The summed E-state index contributed by atoms with van der Waals surface area (Å²) in [6.45, 7) is 1.99. The topological polar surface area (TPSA) is 59.6 Å². The Labute approximate surface area is 113 Å². The molecule has 2 N–H and O–H groups in total. The second kappa shape index (κ2) is 6.99. The highest BCUT2D eigenvalue weighted by molar-refractivity contribution is 5.70. The molecule has 0 radical (unpaired) electrons. The third kappa shape index (κ3) is 4.44. The van der Waals surface area contributed by atoms with E-state index in [1.54, 1.807) is 0 Å². The molecule has 0 bridgehead atoms. The standard InChI is InChI=1S/C14H20N2O3/c1-18-14(17)10-19-13-6-4-11(5-7-13)16-9-12-3-2-8-15-12/h4-7,12,15-16H,2-3,8-10H2,1H3. The van der Waals surface area contributed by atoms with Crippen LogP contribution in [-0.2, 0) is 9.53 Å². The average Bonchev–Trinajstić information content (AvgIpc) is 2.97. The Morgan fingerprint density at radius 2 is 2.21 bits per heavy atom. The highest BCUT2D eigenvalue weighted by Crippen LogP contribution is 2.16. The van der Waals surface area contributed by atoms with Crippen LogP contribution in [0.5, 0.6) is 5.75 Å². The lowest BCUT2D eigenvalue weighted by atomic mass is 10.2. The van der Waals surface area contributed by atoms with E-state index >= 15 is 0 Å². The molecule has 19 heavy (non-hydrogen) atoms. The molecule has 2 rings (SSSR count). The molecule has 5 nitrogen and oxygen atoms in total. The monoisotopic (exact) mass is 264 g/mol. The molecule has 1 aliphatic heterocycles. The second-order valence-corrected chi connectivity index (χ2v) is 4.56. The molecule has 0 amide bonds. The largest absolute Gasteiger partial charge is 0.482 e. The fourth-order valence-corrected chi connectivity index (χ4v) is 2.04. The number of benzene rings is 1. The van der Waals surface area contributed by atoms with E-state index in [9.17, 15) is 4.79 Å². The van der Waals surface area contributed by atoms with Gasteiger partial charge in [0.1, 0.15) is 5.75 Å². The number of nitrogens with one attached hydrogen (secondary N) is 2. The predicted octanol–water partition coefficient (Wildman–Crippen LogP) is 1.40. The van der Waals surface area contributed by atoms with Crippen molar-refractivity contribution in [1.29, 1.82) is 0 Å². The summed E-state index contributed by atoms with van der Waals surface area (Å²) in [4.78, 5) is 10.9. The van der Waals surface area contributed by atoms with Gasteiger partial charge in [0.05, 0.1) is 7.11 Å². The fraction of sp³-hybridized carbons (Fsp3) is 0.500.